The largest absolute Gasteiger partial charge is 0.379 e. The monoisotopic (exact) mass is 328 g/mol. The van der Waals surface area contributed by atoms with Gasteiger partial charge in [-0.05, 0) is 73.4 Å². The van der Waals surface area contributed by atoms with Gasteiger partial charge in [0, 0.05) is 17.3 Å². The van der Waals surface area contributed by atoms with Crippen LogP contribution in [0.1, 0.15) is 48.9 Å². The second kappa shape index (κ2) is 5.87. The predicted molar refractivity (Wildman–Crippen MR) is 103 cm³/mol. The van der Waals surface area contributed by atoms with Crippen molar-refractivity contribution in [2.45, 2.75) is 50.5 Å². The van der Waals surface area contributed by atoms with E-state index in [0.717, 1.165) is 12.2 Å². The molecule has 5 rings (SSSR count). The fourth-order valence-electron chi connectivity index (χ4n) is 5.23. The third-order valence-corrected chi connectivity index (χ3v) is 6.30. The molecule has 0 aliphatic heterocycles. The summed E-state index contributed by atoms with van der Waals surface area (Å²) in [7, 11) is 0. The molecule has 2 heteroatoms. The highest BCUT2D eigenvalue weighted by Crippen LogP contribution is 2.57. The van der Waals surface area contributed by atoms with Crippen molar-refractivity contribution < 1.29 is 0 Å². The molecule has 1 N–H and O–H groups in total. The van der Waals surface area contributed by atoms with Gasteiger partial charge in [0.05, 0.1) is 12.2 Å². The number of anilines is 1. The van der Waals surface area contributed by atoms with Gasteiger partial charge in [0.1, 0.15) is 0 Å². The highest BCUT2D eigenvalue weighted by Gasteiger charge is 2.47. The van der Waals surface area contributed by atoms with Gasteiger partial charge in [0.25, 0.3) is 0 Å². The van der Waals surface area contributed by atoms with Crippen LogP contribution in [-0.2, 0) is 18.4 Å². The summed E-state index contributed by atoms with van der Waals surface area (Å²) in [4.78, 5) is 4.46. The molecule has 126 valence electrons. The lowest BCUT2D eigenvalue weighted by Gasteiger charge is -2.32. The first kappa shape index (κ1) is 14.9. The number of aromatic nitrogens is 1. The molecule has 0 saturated heterocycles. The van der Waals surface area contributed by atoms with Gasteiger partial charge in [-0.15, -0.1) is 0 Å². The van der Waals surface area contributed by atoms with Gasteiger partial charge in [-0.1, -0.05) is 35.9 Å². The first-order valence-corrected chi connectivity index (χ1v) is 9.52. The normalized spacial score (nSPS) is 23.8. The Bertz CT molecular complexity index is 863. The molecule has 25 heavy (non-hydrogen) atoms. The Morgan fingerprint density at radius 3 is 2.88 bits per heavy atom. The number of fused-ring (bicyclic) bond motifs is 3. The van der Waals surface area contributed by atoms with Gasteiger partial charge in [0.15, 0.2) is 0 Å². The molecule has 2 aromatic rings. The lowest BCUT2D eigenvalue weighted by Crippen LogP contribution is -2.24. The first-order valence-electron chi connectivity index (χ1n) is 9.52. The zero-order valence-corrected chi connectivity index (χ0v) is 14.6. The number of aryl methyl sites for hydroxylation is 1. The van der Waals surface area contributed by atoms with Gasteiger partial charge in [0.2, 0.25) is 0 Å². The van der Waals surface area contributed by atoms with Crippen molar-refractivity contribution in [1.29, 1.82) is 0 Å². The molecule has 0 saturated carbocycles. The van der Waals surface area contributed by atoms with E-state index in [4.69, 9.17) is 0 Å². The second-order valence-electron chi connectivity index (χ2n) is 7.54. The highest BCUT2D eigenvalue weighted by molar-refractivity contribution is 5.65. The van der Waals surface area contributed by atoms with Crippen molar-refractivity contribution in [2.24, 2.45) is 0 Å². The molecular formula is C23H24N2. The molecule has 1 aromatic carbocycles. The summed E-state index contributed by atoms with van der Waals surface area (Å²) in [6, 6.07) is 12.9. The Morgan fingerprint density at radius 1 is 1.00 bits per heavy atom. The van der Waals surface area contributed by atoms with E-state index in [0.29, 0.717) is 5.41 Å². The third-order valence-electron chi connectivity index (χ3n) is 6.30. The minimum Gasteiger partial charge on any atom is -0.379 e. The quantitative estimate of drug-likeness (QED) is 0.825. The summed E-state index contributed by atoms with van der Waals surface area (Å²) in [6.45, 7) is 0.791. The lowest BCUT2D eigenvalue weighted by molar-refractivity contribution is 0.481. The van der Waals surface area contributed by atoms with Gasteiger partial charge in [-0.25, -0.2) is 0 Å². The second-order valence-corrected chi connectivity index (χ2v) is 7.54. The summed E-state index contributed by atoms with van der Waals surface area (Å²) in [5.74, 6) is 0. The molecule has 3 aliphatic rings. The summed E-state index contributed by atoms with van der Waals surface area (Å²) in [6.07, 6.45) is 14.1. The number of rotatable bonds is 3. The maximum atomic E-state index is 4.46. The van der Waals surface area contributed by atoms with E-state index < -0.39 is 0 Å². The van der Waals surface area contributed by atoms with Gasteiger partial charge in [-0.2, -0.15) is 0 Å². The van der Waals surface area contributed by atoms with Crippen LogP contribution in [-0.4, -0.2) is 4.98 Å². The number of hydrogen-bond donors (Lipinski definition) is 1. The molecule has 0 radical (unpaired) electrons. The van der Waals surface area contributed by atoms with Crippen molar-refractivity contribution in [1.82, 2.24) is 4.98 Å². The van der Waals surface area contributed by atoms with Crippen molar-refractivity contribution in [2.75, 3.05) is 5.32 Å². The Hall–Kier alpha value is -2.35. The van der Waals surface area contributed by atoms with E-state index in [-0.39, 0.29) is 0 Å². The van der Waals surface area contributed by atoms with Crippen molar-refractivity contribution in [3.63, 3.8) is 0 Å². The number of nitrogens with one attached hydrogen (secondary N) is 1. The van der Waals surface area contributed by atoms with E-state index in [2.05, 4.69) is 52.8 Å². The van der Waals surface area contributed by atoms with Crippen LogP contribution < -0.4 is 5.32 Å². The maximum Gasteiger partial charge on any atom is 0.0594 e. The van der Waals surface area contributed by atoms with Crippen LogP contribution in [0.15, 0.2) is 65.9 Å². The molecule has 0 unspecified atom stereocenters. The van der Waals surface area contributed by atoms with Crippen molar-refractivity contribution in [3.8, 4) is 0 Å². The average Bonchev–Trinajstić information content (AvgIpc) is 3.24. The zero-order valence-electron chi connectivity index (χ0n) is 14.6. The SMILES string of the molecule is C1=CC2=C(CC1)[C@@]1(CC2)CCc2cccc(NCc3ccccn3)c21. The third kappa shape index (κ3) is 2.35. The number of pyridine rings is 1. The Kier molecular flexibility index (Phi) is 3.51. The summed E-state index contributed by atoms with van der Waals surface area (Å²) in [5.41, 5.74) is 9.21. The molecule has 0 amide bonds. The molecule has 0 fully saturated rings. The Morgan fingerprint density at radius 2 is 1.96 bits per heavy atom. The van der Waals surface area contributed by atoms with Crippen LogP contribution in [0.25, 0.3) is 0 Å². The van der Waals surface area contributed by atoms with E-state index in [1.165, 1.54) is 44.2 Å². The molecular weight excluding hydrogens is 304 g/mol. The van der Waals surface area contributed by atoms with Crippen LogP contribution in [0, 0.1) is 0 Å². The van der Waals surface area contributed by atoms with Gasteiger partial charge < -0.3 is 5.32 Å². The molecule has 1 aromatic heterocycles. The van der Waals surface area contributed by atoms with E-state index in [1.54, 1.807) is 22.3 Å². The Balaban J connectivity index is 1.53. The van der Waals surface area contributed by atoms with Gasteiger partial charge in [-0.3, -0.25) is 4.98 Å². The van der Waals surface area contributed by atoms with E-state index in [1.807, 2.05) is 12.3 Å². The maximum absolute atomic E-state index is 4.46. The van der Waals surface area contributed by atoms with Crippen LogP contribution >= 0.6 is 0 Å². The molecule has 1 atom stereocenters. The fourth-order valence-corrected chi connectivity index (χ4v) is 5.23. The highest BCUT2D eigenvalue weighted by atomic mass is 14.9. The number of benzene rings is 1. The zero-order chi connectivity index (χ0) is 16.7. The van der Waals surface area contributed by atoms with Gasteiger partial charge >= 0.3 is 0 Å². The average molecular weight is 328 g/mol. The molecule has 0 bridgehead atoms. The van der Waals surface area contributed by atoms with Crippen LogP contribution in [0.4, 0.5) is 5.69 Å². The smallest absolute Gasteiger partial charge is 0.0594 e. The lowest BCUT2D eigenvalue weighted by atomic mass is 9.73. The molecule has 2 nitrogen and oxygen atoms in total. The van der Waals surface area contributed by atoms with Crippen molar-refractivity contribution >= 4 is 5.69 Å². The topological polar surface area (TPSA) is 24.9 Å². The number of nitrogens with zero attached hydrogens (tertiary/aromatic N) is 1. The molecule has 1 spiro atoms. The number of allylic oxidation sites excluding steroid dienone is 4. The molecule has 3 aliphatic carbocycles. The van der Waals surface area contributed by atoms with Crippen LogP contribution in [0.5, 0.6) is 0 Å². The van der Waals surface area contributed by atoms with Crippen LogP contribution in [0.3, 0.4) is 0 Å². The van der Waals surface area contributed by atoms with E-state index in [9.17, 15) is 0 Å². The summed E-state index contributed by atoms with van der Waals surface area (Å²) in [5, 5.41) is 3.70. The predicted octanol–water partition coefficient (Wildman–Crippen LogP) is 5.32. The fraction of sp³-hybridized carbons (Fsp3) is 0.348. The Labute approximate surface area is 149 Å². The van der Waals surface area contributed by atoms with Crippen molar-refractivity contribution in [3.05, 3.63) is 82.7 Å². The van der Waals surface area contributed by atoms with E-state index >= 15 is 0 Å². The minimum atomic E-state index is 0.295. The van der Waals surface area contributed by atoms with Crippen LogP contribution in [0.2, 0.25) is 0 Å². The first-order chi connectivity index (χ1) is 12.4. The summed E-state index contributed by atoms with van der Waals surface area (Å²) < 4.78 is 0. The summed E-state index contributed by atoms with van der Waals surface area (Å²) >= 11 is 0. The standard InChI is InChI=1S/C23H24N2/c1-2-9-20-17(6-1)11-13-23(20)14-12-18-7-5-10-21(22(18)23)25-16-19-8-3-4-15-24-19/h1,3-8,10,15,25H,2,9,11-14,16H2/t23-/m1/s1. The molecule has 1 heterocycles. The minimum absolute atomic E-state index is 0.295. The number of hydrogen-bond acceptors (Lipinski definition) is 2.